The highest BCUT2D eigenvalue weighted by Gasteiger charge is 2.37. The van der Waals surface area contributed by atoms with Gasteiger partial charge in [0.15, 0.2) is 0 Å². The SMILES string of the molecule is CCCN1C(=O)C(C)(C)COc2cc(NS(=O)(=O)c3ccc(Cl)s3)ccc21. The molecule has 27 heavy (non-hydrogen) atoms. The van der Waals surface area contributed by atoms with E-state index >= 15 is 0 Å². The Morgan fingerprint density at radius 1 is 1.30 bits per heavy atom. The Bertz CT molecular complexity index is 969. The quantitative estimate of drug-likeness (QED) is 0.767. The second kappa shape index (κ2) is 7.33. The number of nitrogens with one attached hydrogen (secondary N) is 1. The van der Waals surface area contributed by atoms with Gasteiger partial charge in [-0.15, -0.1) is 11.3 Å². The number of halogens is 1. The molecule has 1 aromatic heterocycles. The van der Waals surface area contributed by atoms with Crippen molar-refractivity contribution in [1.29, 1.82) is 0 Å². The molecule has 1 N–H and O–H groups in total. The zero-order chi connectivity index (χ0) is 19.8. The molecule has 1 aliphatic heterocycles. The summed E-state index contributed by atoms with van der Waals surface area (Å²) in [6.45, 7) is 6.47. The van der Waals surface area contributed by atoms with Crippen LogP contribution in [0.4, 0.5) is 11.4 Å². The lowest BCUT2D eigenvalue weighted by Crippen LogP contribution is -2.42. The van der Waals surface area contributed by atoms with E-state index in [1.54, 1.807) is 23.1 Å². The van der Waals surface area contributed by atoms with Crippen LogP contribution in [0.3, 0.4) is 0 Å². The number of rotatable bonds is 5. The summed E-state index contributed by atoms with van der Waals surface area (Å²) in [6, 6.07) is 7.95. The van der Waals surface area contributed by atoms with Crippen molar-refractivity contribution in [1.82, 2.24) is 0 Å². The molecular weight excluding hydrogens is 408 g/mol. The van der Waals surface area contributed by atoms with Crippen molar-refractivity contribution in [3.63, 3.8) is 0 Å². The number of ether oxygens (including phenoxy) is 1. The first-order chi connectivity index (χ1) is 12.6. The molecule has 0 spiro atoms. The minimum atomic E-state index is -3.74. The van der Waals surface area contributed by atoms with Gasteiger partial charge in [0, 0.05) is 12.6 Å². The summed E-state index contributed by atoms with van der Waals surface area (Å²) < 4.78 is 33.9. The molecule has 0 unspecified atom stereocenters. The van der Waals surface area contributed by atoms with Gasteiger partial charge in [-0.3, -0.25) is 9.52 Å². The number of thiophene rings is 1. The molecule has 1 aromatic carbocycles. The van der Waals surface area contributed by atoms with Gasteiger partial charge in [0.1, 0.15) is 16.6 Å². The van der Waals surface area contributed by atoms with E-state index in [-0.39, 0.29) is 16.7 Å². The molecule has 3 rings (SSSR count). The van der Waals surface area contributed by atoms with Crippen molar-refractivity contribution in [3.8, 4) is 5.75 Å². The molecule has 2 heterocycles. The van der Waals surface area contributed by atoms with Crippen molar-refractivity contribution in [2.75, 3.05) is 22.8 Å². The highest BCUT2D eigenvalue weighted by Crippen LogP contribution is 2.39. The predicted molar refractivity (Wildman–Crippen MR) is 108 cm³/mol. The second-order valence-corrected chi connectivity index (χ2v) is 10.6. The monoisotopic (exact) mass is 428 g/mol. The molecular formula is C18H21ClN2O4S2. The van der Waals surface area contributed by atoms with Gasteiger partial charge in [-0.1, -0.05) is 18.5 Å². The van der Waals surface area contributed by atoms with Gasteiger partial charge in [0.05, 0.1) is 21.1 Å². The predicted octanol–water partition coefficient (Wildman–Crippen LogP) is 4.36. The second-order valence-electron chi connectivity index (χ2n) is 6.98. The summed E-state index contributed by atoms with van der Waals surface area (Å²) in [7, 11) is -3.74. The lowest BCUT2D eigenvalue weighted by Gasteiger charge is -2.27. The minimum absolute atomic E-state index is 0.00958. The third-order valence-corrected chi connectivity index (χ3v) is 7.28. The highest BCUT2D eigenvalue weighted by molar-refractivity contribution is 7.94. The number of fused-ring (bicyclic) bond motifs is 1. The smallest absolute Gasteiger partial charge is 0.271 e. The van der Waals surface area contributed by atoms with E-state index in [2.05, 4.69) is 4.72 Å². The summed E-state index contributed by atoms with van der Waals surface area (Å²) in [6.07, 6.45) is 0.800. The van der Waals surface area contributed by atoms with Crippen LogP contribution in [0, 0.1) is 5.41 Å². The Hall–Kier alpha value is -1.77. The summed E-state index contributed by atoms with van der Waals surface area (Å²) in [5, 5.41) is 0. The normalized spacial score (nSPS) is 16.4. The zero-order valence-electron chi connectivity index (χ0n) is 15.3. The number of anilines is 2. The topological polar surface area (TPSA) is 75.7 Å². The number of carbonyl (C=O) groups is 1. The van der Waals surface area contributed by atoms with Crippen LogP contribution in [-0.2, 0) is 14.8 Å². The summed E-state index contributed by atoms with van der Waals surface area (Å²) in [4.78, 5) is 14.6. The van der Waals surface area contributed by atoms with E-state index in [0.717, 1.165) is 17.8 Å². The number of benzene rings is 1. The van der Waals surface area contributed by atoms with Crippen molar-refractivity contribution < 1.29 is 17.9 Å². The van der Waals surface area contributed by atoms with Crippen molar-refractivity contribution in [2.24, 2.45) is 5.41 Å². The van der Waals surface area contributed by atoms with Crippen LogP contribution in [0.5, 0.6) is 5.75 Å². The maximum absolute atomic E-state index is 12.8. The molecule has 9 heteroatoms. The van der Waals surface area contributed by atoms with Crippen LogP contribution in [0.2, 0.25) is 4.34 Å². The van der Waals surface area contributed by atoms with Gasteiger partial charge in [0.25, 0.3) is 10.0 Å². The first-order valence-corrected chi connectivity index (χ1v) is 11.2. The summed E-state index contributed by atoms with van der Waals surface area (Å²) >= 11 is 6.82. The summed E-state index contributed by atoms with van der Waals surface area (Å²) in [5.74, 6) is 0.469. The number of nitrogens with zero attached hydrogens (tertiary/aromatic N) is 1. The maximum atomic E-state index is 12.8. The molecule has 0 fully saturated rings. The van der Waals surface area contributed by atoms with Gasteiger partial charge >= 0.3 is 0 Å². The van der Waals surface area contributed by atoms with E-state index in [1.807, 2.05) is 20.8 Å². The molecule has 6 nitrogen and oxygen atoms in total. The lowest BCUT2D eigenvalue weighted by atomic mass is 9.93. The van der Waals surface area contributed by atoms with Crippen LogP contribution in [0.15, 0.2) is 34.5 Å². The molecule has 0 bridgehead atoms. The molecule has 0 saturated carbocycles. The van der Waals surface area contributed by atoms with Crippen LogP contribution >= 0.6 is 22.9 Å². The van der Waals surface area contributed by atoms with E-state index in [0.29, 0.717) is 28.0 Å². The molecule has 2 aromatic rings. The van der Waals surface area contributed by atoms with E-state index in [1.165, 1.54) is 12.1 Å². The van der Waals surface area contributed by atoms with E-state index in [4.69, 9.17) is 16.3 Å². The van der Waals surface area contributed by atoms with Crippen LogP contribution in [-0.4, -0.2) is 27.5 Å². The Kier molecular flexibility index (Phi) is 5.42. The minimum Gasteiger partial charge on any atom is -0.490 e. The van der Waals surface area contributed by atoms with Crippen LogP contribution in [0.25, 0.3) is 0 Å². The van der Waals surface area contributed by atoms with E-state index in [9.17, 15) is 13.2 Å². The number of carbonyl (C=O) groups excluding carboxylic acids is 1. The number of hydrogen-bond acceptors (Lipinski definition) is 5. The van der Waals surface area contributed by atoms with Crippen molar-refractivity contribution >= 4 is 50.2 Å². The molecule has 146 valence electrons. The largest absolute Gasteiger partial charge is 0.490 e. The number of amides is 1. The Balaban J connectivity index is 1.95. The summed E-state index contributed by atoms with van der Waals surface area (Å²) in [5.41, 5.74) is 0.345. The fraction of sp³-hybridized carbons (Fsp3) is 0.389. The fourth-order valence-corrected chi connectivity index (χ4v) is 5.34. The molecule has 0 saturated heterocycles. The van der Waals surface area contributed by atoms with Gasteiger partial charge in [0.2, 0.25) is 5.91 Å². The van der Waals surface area contributed by atoms with Gasteiger partial charge in [-0.25, -0.2) is 8.42 Å². The third-order valence-electron chi connectivity index (χ3n) is 4.18. The average Bonchev–Trinajstić information content (AvgIpc) is 3.02. The van der Waals surface area contributed by atoms with Crippen LogP contribution in [0.1, 0.15) is 27.2 Å². The van der Waals surface area contributed by atoms with Crippen LogP contribution < -0.4 is 14.4 Å². The van der Waals surface area contributed by atoms with Crippen molar-refractivity contribution in [3.05, 3.63) is 34.7 Å². The first kappa shape index (κ1) is 20.0. The number of hydrogen-bond donors (Lipinski definition) is 1. The third kappa shape index (κ3) is 4.07. The van der Waals surface area contributed by atoms with Gasteiger partial charge in [-0.05, 0) is 44.5 Å². The van der Waals surface area contributed by atoms with Gasteiger partial charge in [-0.2, -0.15) is 0 Å². The average molecular weight is 429 g/mol. The molecule has 1 amide bonds. The lowest BCUT2D eigenvalue weighted by molar-refractivity contribution is -0.127. The Morgan fingerprint density at radius 3 is 2.67 bits per heavy atom. The number of sulfonamides is 1. The molecule has 1 aliphatic rings. The van der Waals surface area contributed by atoms with Gasteiger partial charge < -0.3 is 9.64 Å². The Labute approximate surface area is 168 Å². The van der Waals surface area contributed by atoms with E-state index < -0.39 is 15.4 Å². The maximum Gasteiger partial charge on any atom is 0.271 e. The molecule has 0 radical (unpaired) electrons. The fourth-order valence-electron chi connectivity index (χ4n) is 2.80. The van der Waals surface area contributed by atoms with Crippen molar-refractivity contribution in [2.45, 2.75) is 31.4 Å². The first-order valence-electron chi connectivity index (χ1n) is 8.51. The molecule has 0 aliphatic carbocycles. The zero-order valence-corrected chi connectivity index (χ0v) is 17.7. The highest BCUT2D eigenvalue weighted by atomic mass is 35.5. The Morgan fingerprint density at radius 2 is 2.04 bits per heavy atom. The standard InChI is InChI=1S/C18H21ClN2O4S2/c1-4-9-21-13-6-5-12(10-14(13)25-11-18(2,3)17(21)22)20-27(23,24)16-8-7-15(19)26-16/h5-8,10,20H,4,9,11H2,1-3H3. The molecule has 0 atom stereocenters.